The van der Waals surface area contributed by atoms with Gasteiger partial charge in [-0.15, -0.1) is 0 Å². The molecule has 0 atom stereocenters. The molecule has 0 aromatic heterocycles. The van der Waals surface area contributed by atoms with E-state index in [1.54, 1.807) is 0 Å². The van der Waals surface area contributed by atoms with Gasteiger partial charge >= 0.3 is 0 Å². The lowest BCUT2D eigenvalue weighted by molar-refractivity contribution is -0.132. The monoisotopic (exact) mass is 302 g/mol. The van der Waals surface area contributed by atoms with Gasteiger partial charge < -0.3 is 4.90 Å². The predicted molar refractivity (Wildman–Crippen MR) is 91.9 cm³/mol. The molecule has 1 amide bonds. The Balaban J connectivity index is 1.91. The van der Waals surface area contributed by atoms with Crippen molar-refractivity contribution in [2.45, 2.75) is 58.0 Å². The van der Waals surface area contributed by atoms with Crippen LogP contribution in [0.3, 0.4) is 0 Å². The van der Waals surface area contributed by atoms with Gasteiger partial charge in [-0.1, -0.05) is 37.3 Å². The first-order valence-corrected chi connectivity index (χ1v) is 8.48. The molecule has 0 spiro atoms. The van der Waals surface area contributed by atoms with Crippen LogP contribution in [0.15, 0.2) is 30.3 Å². The molecular formula is C19H30N2O. The topological polar surface area (TPSA) is 23.6 Å². The van der Waals surface area contributed by atoms with E-state index in [0.717, 1.165) is 32.4 Å². The predicted octanol–water partition coefficient (Wildman–Crippen LogP) is 3.34. The third kappa shape index (κ3) is 4.10. The SMILES string of the molecule is CCC(=O)N(C)C1CCN(C(C)(C)Cc2ccccc2)CC1. The number of carbonyl (C=O) groups is 1. The summed E-state index contributed by atoms with van der Waals surface area (Å²) in [5, 5.41) is 0. The van der Waals surface area contributed by atoms with E-state index in [2.05, 4.69) is 49.1 Å². The number of likely N-dealkylation sites (tertiary alicyclic amines) is 1. The Morgan fingerprint density at radius 3 is 2.36 bits per heavy atom. The van der Waals surface area contributed by atoms with Gasteiger partial charge in [-0.05, 0) is 38.7 Å². The highest BCUT2D eigenvalue weighted by Gasteiger charge is 2.32. The van der Waals surface area contributed by atoms with E-state index in [1.165, 1.54) is 5.56 Å². The Kier molecular flexibility index (Phi) is 5.63. The summed E-state index contributed by atoms with van der Waals surface area (Å²) in [6.45, 7) is 8.76. The molecule has 0 N–H and O–H groups in total. The second-order valence-corrected chi connectivity index (χ2v) is 7.05. The van der Waals surface area contributed by atoms with Gasteiger partial charge in [-0.3, -0.25) is 9.69 Å². The maximum absolute atomic E-state index is 11.8. The Morgan fingerprint density at radius 2 is 1.82 bits per heavy atom. The molecule has 0 bridgehead atoms. The van der Waals surface area contributed by atoms with Crippen LogP contribution >= 0.6 is 0 Å². The van der Waals surface area contributed by atoms with Crippen LogP contribution in [0, 0.1) is 0 Å². The lowest BCUT2D eigenvalue weighted by Gasteiger charge is -2.45. The zero-order valence-corrected chi connectivity index (χ0v) is 14.5. The van der Waals surface area contributed by atoms with Crippen LogP contribution in [0.5, 0.6) is 0 Å². The van der Waals surface area contributed by atoms with Crippen molar-refractivity contribution in [1.29, 1.82) is 0 Å². The number of rotatable bonds is 5. The number of amides is 1. The highest BCUT2D eigenvalue weighted by atomic mass is 16.2. The smallest absolute Gasteiger partial charge is 0.222 e. The molecule has 1 heterocycles. The van der Waals surface area contributed by atoms with Crippen molar-refractivity contribution in [3.05, 3.63) is 35.9 Å². The highest BCUT2D eigenvalue weighted by Crippen LogP contribution is 2.26. The Bertz CT molecular complexity index is 475. The molecule has 3 heteroatoms. The van der Waals surface area contributed by atoms with Crippen molar-refractivity contribution < 1.29 is 4.79 Å². The molecule has 2 rings (SSSR count). The van der Waals surface area contributed by atoms with Crippen molar-refractivity contribution in [2.75, 3.05) is 20.1 Å². The molecule has 1 aromatic carbocycles. The summed E-state index contributed by atoms with van der Waals surface area (Å²) >= 11 is 0. The molecule has 1 aromatic rings. The molecule has 1 aliphatic rings. The molecule has 122 valence electrons. The van der Waals surface area contributed by atoms with E-state index in [4.69, 9.17) is 0 Å². The molecule has 22 heavy (non-hydrogen) atoms. The van der Waals surface area contributed by atoms with Gasteiger partial charge in [0.05, 0.1) is 0 Å². The van der Waals surface area contributed by atoms with E-state index < -0.39 is 0 Å². The third-order valence-electron chi connectivity index (χ3n) is 5.04. The summed E-state index contributed by atoms with van der Waals surface area (Å²) in [7, 11) is 1.96. The van der Waals surface area contributed by atoms with Gasteiger partial charge in [0.15, 0.2) is 0 Å². The summed E-state index contributed by atoms with van der Waals surface area (Å²) in [6.07, 6.45) is 3.85. The first kappa shape index (κ1) is 17.0. The largest absolute Gasteiger partial charge is 0.343 e. The molecule has 3 nitrogen and oxygen atoms in total. The van der Waals surface area contributed by atoms with Crippen LogP contribution in [0.4, 0.5) is 0 Å². The minimum absolute atomic E-state index is 0.166. The number of piperidine rings is 1. The zero-order chi connectivity index (χ0) is 16.2. The van der Waals surface area contributed by atoms with Crippen LogP contribution in [0.1, 0.15) is 45.6 Å². The molecule has 1 aliphatic heterocycles. The lowest BCUT2D eigenvalue weighted by atomic mass is 9.90. The quantitative estimate of drug-likeness (QED) is 0.833. The number of carbonyl (C=O) groups excluding carboxylic acids is 1. The average molecular weight is 302 g/mol. The molecular weight excluding hydrogens is 272 g/mol. The van der Waals surface area contributed by atoms with Crippen LogP contribution < -0.4 is 0 Å². The van der Waals surface area contributed by atoms with Gasteiger partial charge in [0.2, 0.25) is 5.91 Å². The number of hydrogen-bond donors (Lipinski definition) is 0. The average Bonchev–Trinajstić information content (AvgIpc) is 2.54. The number of benzene rings is 1. The van der Waals surface area contributed by atoms with E-state index in [0.29, 0.717) is 12.5 Å². The first-order chi connectivity index (χ1) is 10.4. The molecule has 1 saturated heterocycles. The summed E-state index contributed by atoms with van der Waals surface area (Å²) in [5.74, 6) is 0.266. The Morgan fingerprint density at radius 1 is 1.23 bits per heavy atom. The number of hydrogen-bond acceptors (Lipinski definition) is 2. The minimum atomic E-state index is 0.166. The molecule has 0 aliphatic carbocycles. The van der Waals surface area contributed by atoms with Crippen molar-refractivity contribution in [1.82, 2.24) is 9.80 Å². The maximum Gasteiger partial charge on any atom is 0.222 e. The normalized spacial score (nSPS) is 17.5. The Labute approximate surface area is 135 Å². The molecule has 0 radical (unpaired) electrons. The van der Waals surface area contributed by atoms with Crippen molar-refractivity contribution >= 4 is 5.91 Å². The fourth-order valence-electron chi connectivity index (χ4n) is 3.52. The van der Waals surface area contributed by atoms with Gasteiger partial charge in [-0.25, -0.2) is 0 Å². The Hall–Kier alpha value is -1.35. The summed E-state index contributed by atoms with van der Waals surface area (Å²) in [5.41, 5.74) is 1.56. The summed E-state index contributed by atoms with van der Waals surface area (Å²) < 4.78 is 0. The number of nitrogens with zero attached hydrogens (tertiary/aromatic N) is 2. The molecule has 0 saturated carbocycles. The second kappa shape index (κ2) is 7.28. The van der Waals surface area contributed by atoms with Crippen LogP contribution in [-0.4, -0.2) is 47.4 Å². The van der Waals surface area contributed by atoms with Gasteiger partial charge in [0.1, 0.15) is 0 Å². The van der Waals surface area contributed by atoms with E-state index >= 15 is 0 Å². The molecule has 0 unspecified atom stereocenters. The first-order valence-electron chi connectivity index (χ1n) is 8.48. The van der Waals surface area contributed by atoms with Gasteiger partial charge in [0.25, 0.3) is 0 Å². The van der Waals surface area contributed by atoms with Crippen molar-refractivity contribution in [2.24, 2.45) is 0 Å². The zero-order valence-electron chi connectivity index (χ0n) is 14.5. The summed E-state index contributed by atoms with van der Waals surface area (Å²) in [6, 6.07) is 11.1. The third-order valence-corrected chi connectivity index (χ3v) is 5.04. The highest BCUT2D eigenvalue weighted by molar-refractivity contribution is 5.75. The standard InChI is InChI=1S/C19H30N2O/c1-5-18(22)20(4)17-11-13-21(14-12-17)19(2,3)15-16-9-7-6-8-10-16/h6-10,17H,5,11-15H2,1-4H3. The van der Waals surface area contributed by atoms with Crippen LogP contribution in [-0.2, 0) is 11.2 Å². The maximum atomic E-state index is 11.8. The van der Waals surface area contributed by atoms with Gasteiger partial charge in [-0.2, -0.15) is 0 Å². The van der Waals surface area contributed by atoms with Crippen LogP contribution in [0.2, 0.25) is 0 Å². The lowest BCUT2D eigenvalue weighted by Crippen LogP contribution is -2.53. The van der Waals surface area contributed by atoms with E-state index in [1.807, 2.05) is 18.9 Å². The fourth-order valence-corrected chi connectivity index (χ4v) is 3.52. The fraction of sp³-hybridized carbons (Fsp3) is 0.632. The van der Waals surface area contributed by atoms with Crippen molar-refractivity contribution in [3.8, 4) is 0 Å². The second-order valence-electron chi connectivity index (χ2n) is 7.05. The van der Waals surface area contributed by atoms with Crippen LogP contribution in [0.25, 0.3) is 0 Å². The van der Waals surface area contributed by atoms with Gasteiger partial charge in [0, 0.05) is 38.1 Å². The molecule has 1 fully saturated rings. The minimum Gasteiger partial charge on any atom is -0.343 e. The van der Waals surface area contributed by atoms with E-state index in [9.17, 15) is 4.79 Å². The summed E-state index contributed by atoms with van der Waals surface area (Å²) in [4.78, 5) is 16.4. The van der Waals surface area contributed by atoms with E-state index in [-0.39, 0.29) is 11.4 Å². The van der Waals surface area contributed by atoms with Crippen molar-refractivity contribution in [3.63, 3.8) is 0 Å².